The third-order valence-electron chi connectivity index (χ3n) is 4.70. The number of furan rings is 1. The van der Waals surface area contributed by atoms with Crippen LogP contribution in [0.15, 0.2) is 47.1 Å². The van der Waals surface area contributed by atoms with Crippen molar-refractivity contribution in [1.29, 1.82) is 0 Å². The summed E-state index contributed by atoms with van der Waals surface area (Å²) in [5, 5.41) is 6.34. The van der Waals surface area contributed by atoms with Gasteiger partial charge in [0.15, 0.2) is 0 Å². The zero-order valence-electron chi connectivity index (χ0n) is 15.6. The van der Waals surface area contributed by atoms with Crippen LogP contribution in [0.25, 0.3) is 10.9 Å². The Bertz CT molecular complexity index is 1180. The van der Waals surface area contributed by atoms with E-state index in [0.717, 1.165) is 11.8 Å². The van der Waals surface area contributed by atoms with Crippen molar-refractivity contribution in [1.82, 2.24) is 15.2 Å². The minimum atomic E-state index is -3.41. The maximum atomic E-state index is 12.4. The van der Waals surface area contributed by atoms with E-state index in [9.17, 15) is 18.0 Å². The van der Waals surface area contributed by atoms with Gasteiger partial charge in [-0.05, 0) is 36.4 Å². The number of hydrogen-bond acceptors (Lipinski definition) is 5. The van der Waals surface area contributed by atoms with Crippen molar-refractivity contribution >= 4 is 38.4 Å². The minimum absolute atomic E-state index is 0.161. The molecule has 1 aliphatic heterocycles. The predicted octanol–water partition coefficient (Wildman–Crippen LogP) is 1.60. The largest absolute Gasteiger partial charge is 0.467 e. The lowest BCUT2D eigenvalue weighted by atomic mass is 10.1. The number of rotatable bonds is 6. The molecule has 1 aliphatic rings. The molecule has 0 radical (unpaired) electrons. The number of carbonyl (C=O) groups excluding carboxylic acids is 2. The van der Waals surface area contributed by atoms with E-state index in [2.05, 4.69) is 15.4 Å². The maximum Gasteiger partial charge on any atom is 0.268 e. The van der Waals surface area contributed by atoms with Gasteiger partial charge < -0.3 is 19.6 Å². The van der Waals surface area contributed by atoms with E-state index in [1.54, 1.807) is 42.7 Å². The number of nitrogens with zero attached hydrogens (tertiary/aromatic N) is 1. The van der Waals surface area contributed by atoms with Gasteiger partial charge in [-0.3, -0.25) is 14.3 Å². The molecule has 0 saturated heterocycles. The number of aromatic nitrogens is 1. The van der Waals surface area contributed by atoms with Crippen molar-refractivity contribution in [2.75, 3.05) is 17.5 Å². The van der Waals surface area contributed by atoms with Gasteiger partial charge in [-0.25, -0.2) is 8.42 Å². The molecule has 0 fully saturated rings. The van der Waals surface area contributed by atoms with Gasteiger partial charge in [0.1, 0.15) is 11.5 Å². The Hall–Kier alpha value is -3.27. The number of fused-ring (bicyclic) bond motifs is 3. The van der Waals surface area contributed by atoms with Crippen LogP contribution in [0.3, 0.4) is 0 Å². The molecule has 152 valence electrons. The van der Waals surface area contributed by atoms with Crippen LogP contribution in [-0.4, -0.2) is 37.6 Å². The highest BCUT2D eigenvalue weighted by molar-refractivity contribution is 7.92. The van der Waals surface area contributed by atoms with E-state index in [4.69, 9.17) is 4.42 Å². The van der Waals surface area contributed by atoms with Crippen LogP contribution in [0.2, 0.25) is 0 Å². The first-order valence-electron chi connectivity index (χ1n) is 9.00. The summed E-state index contributed by atoms with van der Waals surface area (Å²) in [7, 11) is -3.41. The van der Waals surface area contributed by atoms with Gasteiger partial charge >= 0.3 is 0 Å². The fourth-order valence-electron chi connectivity index (χ4n) is 3.52. The Labute approximate surface area is 167 Å². The number of carbonyl (C=O) groups is 2. The van der Waals surface area contributed by atoms with E-state index in [-0.39, 0.29) is 24.3 Å². The van der Waals surface area contributed by atoms with Crippen LogP contribution in [0.5, 0.6) is 0 Å². The third-order valence-corrected chi connectivity index (χ3v) is 5.31. The Morgan fingerprint density at radius 3 is 2.86 bits per heavy atom. The molecule has 3 aromatic rings. The fraction of sp³-hybridized carbons (Fsp3) is 0.263. The first-order chi connectivity index (χ1) is 13.8. The van der Waals surface area contributed by atoms with Gasteiger partial charge in [0.25, 0.3) is 5.91 Å². The summed E-state index contributed by atoms with van der Waals surface area (Å²) >= 11 is 0. The normalized spacial score (nSPS) is 16.3. The molecular weight excluding hydrogens is 396 g/mol. The van der Waals surface area contributed by atoms with E-state index < -0.39 is 10.0 Å². The van der Waals surface area contributed by atoms with Crippen molar-refractivity contribution in [2.24, 2.45) is 0 Å². The van der Waals surface area contributed by atoms with E-state index in [0.29, 0.717) is 35.6 Å². The molecule has 4 rings (SSSR count). The molecule has 1 unspecified atom stereocenters. The summed E-state index contributed by atoms with van der Waals surface area (Å²) in [5.41, 5.74) is 1.61. The monoisotopic (exact) mass is 416 g/mol. The lowest BCUT2D eigenvalue weighted by molar-refractivity contribution is -0.122. The molecule has 29 heavy (non-hydrogen) atoms. The number of hydrogen-bond donors (Lipinski definition) is 3. The number of nitrogens with one attached hydrogen (secondary N) is 3. The maximum absolute atomic E-state index is 12.4. The molecule has 0 saturated carbocycles. The number of amides is 2. The lowest BCUT2D eigenvalue weighted by Gasteiger charge is -2.27. The van der Waals surface area contributed by atoms with E-state index >= 15 is 0 Å². The Morgan fingerprint density at radius 2 is 2.14 bits per heavy atom. The molecule has 1 atom stereocenters. The highest BCUT2D eigenvalue weighted by Crippen LogP contribution is 2.30. The lowest BCUT2D eigenvalue weighted by Crippen LogP contribution is -2.40. The van der Waals surface area contributed by atoms with E-state index in [1.165, 1.54) is 0 Å². The second-order valence-electron chi connectivity index (χ2n) is 6.97. The molecule has 3 N–H and O–H groups in total. The van der Waals surface area contributed by atoms with Gasteiger partial charge in [0, 0.05) is 29.6 Å². The number of benzene rings is 1. The van der Waals surface area contributed by atoms with Gasteiger partial charge in [-0.1, -0.05) is 0 Å². The van der Waals surface area contributed by atoms with Crippen LogP contribution in [0.1, 0.15) is 28.7 Å². The average molecular weight is 416 g/mol. The first kappa shape index (κ1) is 19.1. The predicted molar refractivity (Wildman–Crippen MR) is 107 cm³/mol. The van der Waals surface area contributed by atoms with Gasteiger partial charge in [0.05, 0.1) is 25.1 Å². The summed E-state index contributed by atoms with van der Waals surface area (Å²) in [6, 6.07) is 10.0. The van der Waals surface area contributed by atoms with Crippen molar-refractivity contribution in [3.63, 3.8) is 0 Å². The van der Waals surface area contributed by atoms with Gasteiger partial charge in [0.2, 0.25) is 15.9 Å². The van der Waals surface area contributed by atoms with Gasteiger partial charge in [-0.2, -0.15) is 0 Å². The van der Waals surface area contributed by atoms with Crippen molar-refractivity contribution in [3.8, 4) is 0 Å². The summed E-state index contributed by atoms with van der Waals surface area (Å²) < 4.78 is 32.4. The Balaban J connectivity index is 1.59. The minimum Gasteiger partial charge on any atom is -0.467 e. The highest BCUT2D eigenvalue weighted by atomic mass is 32.2. The summed E-state index contributed by atoms with van der Waals surface area (Å²) in [6.45, 7) is 0.623. The molecular formula is C19H20N4O5S. The topological polar surface area (TPSA) is 122 Å². The van der Waals surface area contributed by atoms with Crippen molar-refractivity contribution in [2.45, 2.75) is 19.0 Å². The zero-order valence-corrected chi connectivity index (χ0v) is 16.5. The third kappa shape index (κ3) is 4.11. The summed E-state index contributed by atoms with van der Waals surface area (Å²) in [6.07, 6.45) is 2.80. The molecule has 0 bridgehead atoms. The quantitative estimate of drug-likeness (QED) is 0.563. The average Bonchev–Trinajstić information content (AvgIpc) is 3.28. The summed E-state index contributed by atoms with van der Waals surface area (Å²) in [5.74, 6) is 0.269. The molecule has 10 heteroatoms. The summed E-state index contributed by atoms with van der Waals surface area (Å²) in [4.78, 5) is 24.7. The Morgan fingerprint density at radius 1 is 1.31 bits per heavy atom. The molecule has 0 spiro atoms. The van der Waals surface area contributed by atoms with E-state index in [1.807, 2.05) is 4.57 Å². The number of sulfonamides is 1. The SMILES string of the molecule is CS(=O)(=O)Nc1ccc2c(c1)cc1n2C(CC(=O)NCc2ccco2)CNC1=O. The van der Waals surface area contributed by atoms with Crippen LogP contribution < -0.4 is 15.4 Å². The van der Waals surface area contributed by atoms with Crippen LogP contribution in [0.4, 0.5) is 5.69 Å². The van der Waals surface area contributed by atoms with Crippen molar-refractivity contribution in [3.05, 3.63) is 54.1 Å². The van der Waals surface area contributed by atoms with Gasteiger partial charge in [-0.15, -0.1) is 0 Å². The molecule has 0 aliphatic carbocycles. The Kier molecular flexibility index (Phi) is 4.79. The highest BCUT2D eigenvalue weighted by Gasteiger charge is 2.28. The molecule has 1 aromatic carbocycles. The second kappa shape index (κ2) is 7.28. The smallest absolute Gasteiger partial charge is 0.268 e. The molecule has 2 amide bonds. The molecule has 2 aromatic heterocycles. The van der Waals surface area contributed by atoms with Crippen molar-refractivity contribution < 1.29 is 22.4 Å². The molecule has 3 heterocycles. The zero-order chi connectivity index (χ0) is 20.6. The van der Waals surface area contributed by atoms with Crippen LogP contribution in [-0.2, 0) is 21.4 Å². The van der Waals surface area contributed by atoms with Crippen LogP contribution in [0, 0.1) is 0 Å². The second-order valence-corrected chi connectivity index (χ2v) is 8.72. The standard InChI is InChI=1S/C19H20N4O5S/c1-29(26,27)22-13-4-5-16-12(7-13)8-17-19(25)21-10-14(23(16)17)9-18(24)20-11-15-3-2-6-28-15/h2-8,14,22H,9-11H2,1H3,(H,20,24)(H,21,25). The van der Waals surface area contributed by atoms with Crippen LogP contribution >= 0.6 is 0 Å². The molecule has 9 nitrogen and oxygen atoms in total. The first-order valence-corrected chi connectivity index (χ1v) is 10.9. The number of anilines is 1. The fourth-order valence-corrected chi connectivity index (χ4v) is 4.08.